The minimum Gasteiger partial charge on any atom is -0.351 e. The third kappa shape index (κ3) is 2.93. The van der Waals surface area contributed by atoms with Gasteiger partial charge in [0.15, 0.2) is 0 Å². The summed E-state index contributed by atoms with van der Waals surface area (Å²) in [5.74, 6) is 0. The van der Waals surface area contributed by atoms with Crippen molar-refractivity contribution in [3.8, 4) is 0 Å². The maximum absolute atomic E-state index is 3.67. The Balaban J connectivity index is 0.0000001000. The predicted octanol–water partition coefficient (Wildman–Crippen LogP) is 0.948. The van der Waals surface area contributed by atoms with Crippen molar-refractivity contribution < 1.29 is 0 Å². The third-order valence-corrected chi connectivity index (χ3v) is 1.12. The maximum Gasteiger partial charge on any atom is 0.103 e. The molecule has 0 aromatic carbocycles. The van der Waals surface area contributed by atoms with Gasteiger partial charge in [0, 0.05) is 12.4 Å². The molecule has 0 aliphatic rings. The van der Waals surface area contributed by atoms with Gasteiger partial charge in [0.2, 0.25) is 0 Å². The minimum atomic E-state index is 1.49. The topological polar surface area (TPSA) is 54.5 Å². The Morgan fingerprint density at radius 3 is 2.20 bits per heavy atom. The van der Waals surface area contributed by atoms with Crippen molar-refractivity contribution in [1.29, 1.82) is 0 Å². The van der Waals surface area contributed by atoms with Crippen molar-refractivity contribution in [2.24, 2.45) is 0 Å². The SMILES string of the molecule is c1c[nH]cn1.c1nncs1. The Morgan fingerprint density at radius 2 is 2.00 bits per heavy atom. The van der Waals surface area contributed by atoms with Crippen LogP contribution in [-0.2, 0) is 0 Å². The molecule has 0 saturated heterocycles. The van der Waals surface area contributed by atoms with Crippen molar-refractivity contribution >= 4 is 11.3 Å². The predicted molar refractivity (Wildman–Crippen MR) is 38.5 cm³/mol. The van der Waals surface area contributed by atoms with E-state index in [4.69, 9.17) is 0 Å². The van der Waals surface area contributed by atoms with Crippen molar-refractivity contribution in [1.82, 2.24) is 20.2 Å². The van der Waals surface area contributed by atoms with Crippen LogP contribution >= 0.6 is 11.3 Å². The summed E-state index contributed by atoms with van der Waals surface area (Å²) in [6.07, 6.45) is 5.08. The first kappa shape index (κ1) is 6.88. The number of hydrogen-bond acceptors (Lipinski definition) is 4. The second-order valence-corrected chi connectivity index (χ2v) is 2.03. The molecular formula is C5H6N4S. The summed E-state index contributed by atoms with van der Waals surface area (Å²) < 4.78 is 0. The monoisotopic (exact) mass is 154 g/mol. The molecule has 0 fully saturated rings. The third-order valence-electron chi connectivity index (χ3n) is 0.689. The summed E-state index contributed by atoms with van der Waals surface area (Å²) in [5.41, 5.74) is 3.36. The lowest BCUT2D eigenvalue weighted by molar-refractivity contribution is 1.09. The molecule has 2 aromatic heterocycles. The van der Waals surface area contributed by atoms with E-state index in [0.717, 1.165) is 0 Å². The molecule has 2 heterocycles. The largest absolute Gasteiger partial charge is 0.351 e. The Morgan fingerprint density at radius 1 is 1.20 bits per heavy atom. The second-order valence-electron chi connectivity index (χ2n) is 1.34. The number of H-pyrrole nitrogens is 1. The van der Waals surface area contributed by atoms with Crippen molar-refractivity contribution in [3.05, 3.63) is 29.7 Å². The number of nitrogens with one attached hydrogen (secondary N) is 1. The molecule has 4 nitrogen and oxygen atoms in total. The Bertz CT molecular complexity index is 153. The van der Waals surface area contributed by atoms with Crippen LogP contribution in [0.1, 0.15) is 0 Å². The van der Waals surface area contributed by atoms with E-state index >= 15 is 0 Å². The quantitative estimate of drug-likeness (QED) is 0.614. The molecule has 0 bridgehead atoms. The van der Waals surface area contributed by atoms with Crippen molar-refractivity contribution in [2.75, 3.05) is 0 Å². The van der Waals surface area contributed by atoms with Crippen LogP contribution in [0, 0.1) is 0 Å². The number of rotatable bonds is 0. The van der Waals surface area contributed by atoms with Crippen LogP contribution in [0.2, 0.25) is 0 Å². The van der Waals surface area contributed by atoms with Crippen molar-refractivity contribution in [3.63, 3.8) is 0 Å². The van der Waals surface area contributed by atoms with Crippen molar-refractivity contribution in [2.45, 2.75) is 0 Å². The van der Waals surface area contributed by atoms with Crippen LogP contribution < -0.4 is 0 Å². The fraction of sp³-hybridized carbons (Fsp3) is 0. The van der Waals surface area contributed by atoms with Gasteiger partial charge in [-0.1, -0.05) is 0 Å². The highest BCUT2D eigenvalue weighted by Crippen LogP contribution is 1.80. The number of nitrogens with zero attached hydrogens (tertiary/aromatic N) is 3. The van der Waals surface area contributed by atoms with Gasteiger partial charge >= 0.3 is 0 Å². The molecule has 0 saturated carbocycles. The van der Waals surface area contributed by atoms with Crippen LogP contribution in [-0.4, -0.2) is 20.2 Å². The molecule has 0 spiro atoms. The summed E-state index contributed by atoms with van der Waals surface area (Å²) in [7, 11) is 0. The second kappa shape index (κ2) is 4.63. The normalized spacial score (nSPS) is 8.00. The zero-order chi connectivity index (χ0) is 7.07. The average molecular weight is 154 g/mol. The van der Waals surface area contributed by atoms with Gasteiger partial charge in [-0.15, -0.1) is 21.5 Å². The van der Waals surface area contributed by atoms with E-state index in [1.807, 2.05) is 0 Å². The van der Waals surface area contributed by atoms with E-state index in [0.29, 0.717) is 0 Å². The van der Waals surface area contributed by atoms with Crippen LogP contribution in [0.3, 0.4) is 0 Å². The van der Waals surface area contributed by atoms with Crippen LogP contribution in [0.15, 0.2) is 29.7 Å². The first-order valence-electron chi connectivity index (χ1n) is 2.61. The molecule has 52 valence electrons. The van der Waals surface area contributed by atoms with Gasteiger partial charge in [0.05, 0.1) is 6.33 Å². The van der Waals surface area contributed by atoms with E-state index in [9.17, 15) is 0 Å². The standard InChI is InChI=1S/C3H4N2.C2H2N2S/c1-2-5-3-4-1;1-3-4-2-5-1/h1-3H,(H,4,5);1-2H. The van der Waals surface area contributed by atoms with Gasteiger partial charge < -0.3 is 4.98 Å². The van der Waals surface area contributed by atoms with Crippen LogP contribution in [0.5, 0.6) is 0 Å². The summed E-state index contributed by atoms with van der Waals surface area (Å²) in [4.78, 5) is 6.42. The first-order valence-corrected chi connectivity index (χ1v) is 3.56. The van der Waals surface area contributed by atoms with Gasteiger partial charge in [0.25, 0.3) is 0 Å². The van der Waals surface area contributed by atoms with Crippen LogP contribution in [0.25, 0.3) is 0 Å². The summed E-state index contributed by atoms with van der Waals surface area (Å²) in [6, 6.07) is 0. The molecule has 5 heteroatoms. The molecule has 1 N–H and O–H groups in total. The highest BCUT2D eigenvalue weighted by Gasteiger charge is 1.60. The number of hydrogen-bond donors (Lipinski definition) is 1. The fourth-order valence-electron chi connectivity index (χ4n) is 0.351. The molecule has 0 atom stereocenters. The number of aromatic nitrogens is 4. The van der Waals surface area contributed by atoms with Gasteiger partial charge in [0.1, 0.15) is 11.0 Å². The smallest absolute Gasteiger partial charge is 0.103 e. The van der Waals surface area contributed by atoms with E-state index in [-0.39, 0.29) is 0 Å². The Labute approximate surface area is 62.0 Å². The zero-order valence-corrected chi connectivity index (χ0v) is 5.95. The molecule has 10 heavy (non-hydrogen) atoms. The maximum atomic E-state index is 3.67. The highest BCUT2D eigenvalue weighted by atomic mass is 32.1. The lowest BCUT2D eigenvalue weighted by Gasteiger charge is -1.46. The fourth-order valence-corrected chi connectivity index (χ4v) is 0.623. The lowest BCUT2D eigenvalue weighted by atomic mass is 11.0. The van der Waals surface area contributed by atoms with E-state index in [2.05, 4.69) is 20.2 Å². The van der Waals surface area contributed by atoms with E-state index in [1.165, 1.54) is 11.3 Å². The summed E-state index contributed by atoms with van der Waals surface area (Å²) in [5, 5.41) is 6.98. The molecule has 0 unspecified atom stereocenters. The van der Waals surface area contributed by atoms with Gasteiger partial charge in [-0.05, 0) is 0 Å². The molecule has 0 aliphatic heterocycles. The minimum absolute atomic E-state index is 1.49. The zero-order valence-electron chi connectivity index (χ0n) is 5.14. The lowest BCUT2D eigenvalue weighted by Crippen LogP contribution is -1.53. The van der Waals surface area contributed by atoms with Gasteiger partial charge in [-0.2, -0.15) is 0 Å². The Hall–Kier alpha value is -1.23. The number of imidazole rings is 1. The van der Waals surface area contributed by atoms with Gasteiger partial charge in [-0.25, -0.2) is 4.98 Å². The van der Waals surface area contributed by atoms with E-state index in [1.54, 1.807) is 29.7 Å². The Kier molecular flexibility index (Phi) is 3.19. The summed E-state index contributed by atoms with van der Waals surface area (Å²) >= 11 is 1.49. The molecule has 2 rings (SSSR count). The number of aromatic amines is 1. The molecule has 2 aromatic rings. The van der Waals surface area contributed by atoms with Crippen LogP contribution in [0.4, 0.5) is 0 Å². The van der Waals surface area contributed by atoms with Gasteiger partial charge in [-0.3, -0.25) is 0 Å². The molecule has 0 aliphatic carbocycles. The molecule has 0 amide bonds. The highest BCUT2D eigenvalue weighted by molar-refractivity contribution is 7.07. The van der Waals surface area contributed by atoms with E-state index < -0.39 is 0 Å². The molecular weight excluding hydrogens is 148 g/mol. The molecule has 0 radical (unpaired) electrons. The average Bonchev–Trinajstić information content (AvgIpc) is 2.67. The summed E-state index contributed by atoms with van der Waals surface area (Å²) in [6.45, 7) is 0. The first-order chi connectivity index (χ1) is 5.00.